The van der Waals surface area contributed by atoms with Crippen LogP contribution in [0.2, 0.25) is 5.02 Å². The van der Waals surface area contributed by atoms with Gasteiger partial charge in [0, 0.05) is 6.54 Å². The van der Waals surface area contributed by atoms with Crippen molar-refractivity contribution in [2.45, 2.75) is 0 Å². The molecule has 32 heavy (non-hydrogen) atoms. The predicted octanol–water partition coefficient (Wildman–Crippen LogP) is 4.77. The number of amides is 2. The van der Waals surface area contributed by atoms with Crippen LogP contribution >= 0.6 is 27.5 Å². The van der Waals surface area contributed by atoms with Gasteiger partial charge < -0.3 is 20.5 Å². The van der Waals surface area contributed by atoms with E-state index in [1.807, 2.05) is 24.3 Å². The molecule has 0 aliphatic rings. The van der Waals surface area contributed by atoms with Crippen LogP contribution in [0.5, 0.6) is 11.5 Å². The molecular weight excluding hydrogens is 496 g/mol. The van der Waals surface area contributed by atoms with E-state index in [2.05, 4.69) is 26.6 Å². The van der Waals surface area contributed by atoms with Crippen molar-refractivity contribution in [3.63, 3.8) is 0 Å². The molecule has 3 aromatic carbocycles. The van der Waals surface area contributed by atoms with Crippen molar-refractivity contribution in [1.82, 2.24) is 10.6 Å². The number of aliphatic hydroxyl groups excluding tert-OH is 1. The van der Waals surface area contributed by atoms with E-state index in [-0.39, 0.29) is 29.4 Å². The average molecular weight is 516 g/mol. The third-order valence-corrected chi connectivity index (χ3v) is 5.25. The summed E-state index contributed by atoms with van der Waals surface area (Å²) in [5, 5.41) is 14.4. The van der Waals surface area contributed by atoms with Crippen LogP contribution in [0.4, 0.5) is 0 Å². The Hall–Kier alpha value is -3.13. The monoisotopic (exact) mass is 514 g/mol. The number of nitrogens with one attached hydrogen (secondary N) is 2. The molecule has 0 radical (unpaired) electrons. The van der Waals surface area contributed by atoms with E-state index >= 15 is 0 Å². The van der Waals surface area contributed by atoms with Gasteiger partial charge in [0.2, 0.25) is 0 Å². The molecule has 0 aromatic heterocycles. The highest BCUT2D eigenvalue weighted by Crippen LogP contribution is 2.29. The van der Waals surface area contributed by atoms with E-state index < -0.39 is 11.8 Å². The number of para-hydroxylation sites is 1. The van der Waals surface area contributed by atoms with Gasteiger partial charge in [0.05, 0.1) is 21.7 Å². The van der Waals surface area contributed by atoms with Gasteiger partial charge in [0.25, 0.3) is 11.8 Å². The molecule has 0 bridgehead atoms. The SMILES string of the molecule is O=C(NCCO)/C(=C/c1ccc(Oc2ccccc2Br)cc1)NC(=O)c1ccccc1Cl. The molecule has 0 unspecified atom stereocenters. The zero-order chi connectivity index (χ0) is 22.9. The maximum Gasteiger partial charge on any atom is 0.267 e. The first-order valence-corrected chi connectivity index (χ1v) is 10.8. The van der Waals surface area contributed by atoms with E-state index in [0.29, 0.717) is 17.1 Å². The van der Waals surface area contributed by atoms with Gasteiger partial charge >= 0.3 is 0 Å². The van der Waals surface area contributed by atoms with Crippen LogP contribution in [0.3, 0.4) is 0 Å². The highest BCUT2D eigenvalue weighted by Gasteiger charge is 2.16. The van der Waals surface area contributed by atoms with E-state index in [4.69, 9.17) is 21.4 Å². The largest absolute Gasteiger partial charge is 0.456 e. The molecule has 0 spiro atoms. The zero-order valence-corrected chi connectivity index (χ0v) is 19.2. The molecule has 164 valence electrons. The number of ether oxygens (including phenoxy) is 1. The van der Waals surface area contributed by atoms with Crippen molar-refractivity contribution in [3.8, 4) is 11.5 Å². The fourth-order valence-corrected chi connectivity index (χ4v) is 3.30. The van der Waals surface area contributed by atoms with Crippen molar-refractivity contribution in [1.29, 1.82) is 0 Å². The van der Waals surface area contributed by atoms with E-state index in [9.17, 15) is 9.59 Å². The first kappa shape index (κ1) is 23.5. The summed E-state index contributed by atoms with van der Waals surface area (Å²) in [5.41, 5.74) is 0.924. The topological polar surface area (TPSA) is 87.7 Å². The minimum Gasteiger partial charge on any atom is -0.456 e. The van der Waals surface area contributed by atoms with Crippen LogP contribution in [0.1, 0.15) is 15.9 Å². The number of carbonyl (C=O) groups is 2. The van der Waals surface area contributed by atoms with Crippen molar-refractivity contribution in [2.24, 2.45) is 0 Å². The summed E-state index contributed by atoms with van der Waals surface area (Å²) in [6.45, 7) is -0.171. The minimum absolute atomic E-state index is 0.0165. The van der Waals surface area contributed by atoms with E-state index in [1.54, 1.807) is 48.5 Å². The Labute approximate surface area is 199 Å². The summed E-state index contributed by atoms with van der Waals surface area (Å²) in [4.78, 5) is 25.2. The quantitative estimate of drug-likeness (QED) is 0.377. The van der Waals surface area contributed by atoms with Crippen LogP contribution in [-0.2, 0) is 4.79 Å². The maximum atomic E-state index is 12.6. The summed E-state index contributed by atoms with van der Waals surface area (Å²) in [6.07, 6.45) is 1.53. The summed E-state index contributed by atoms with van der Waals surface area (Å²) >= 11 is 9.53. The second kappa shape index (κ2) is 11.5. The number of halogens is 2. The molecule has 6 nitrogen and oxygen atoms in total. The fourth-order valence-electron chi connectivity index (χ4n) is 2.71. The molecule has 0 saturated heterocycles. The van der Waals surface area contributed by atoms with Crippen LogP contribution in [0.25, 0.3) is 6.08 Å². The molecule has 3 N–H and O–H groups in total. The molecule has 2 amide bonds. The normalized spacial score (nSPS) is 11.0. The summed E-state index contributed by atoms with van der Waals surface area (Å²) in [6, 6.07) is 21.1. The Morgan fingerprint density at radius 3 is 2.38 bits per heavy atom. The maximum absolute atomic E-state index is 12.6. The van der Waals surface area contributed by atoms with E-state index in [1.165, 1.54) is 6.08 Å². The van der Waals surface area contributed by atoms with Crippen molar-refractivity contribution in [2.75, 3.05) is 13.2 Å². The molecule has 8 heteroatoms. The minimum atomic E-state index is -0.534. The van der Waals surface area contributed by atoms with Gasteiger partial charge in [-0.25, -0.2) is 0 Å². The standard InChI is InChI=1S/C24H20BrClN2O4/c25-19-6-2-4-8-22(19)32-17-11-9-16(10-12-17)15-21(24(31)27-13-14-29)28-23(30)18-5-1-3-7-20(18)26/h1-12,15,29H,13-14H2,(H,27,31)(H,28,30)/b21-15-. The smallest absolute Gasteiger partial charge is 0.267 e. The summed E-state index contributed by atoms with van der Waals surface area (Å²) < 4.78 is 6.67. The van der Waals surface area contributed by atoms with Gasteiger partial charge in [-0.2, -0.15) is 0 Å². The number of hydrogen-bond acceptors (Lipinski definition) is 4. The molecule has 0 aliphatic heterocycles. The van der Waals surface area contributed by atoms with Crippen molar-refractivity contribution in [3.05, 3.63) is 99.1 Å². The Morgan fingerprint density at radius 1 is 1.00 bits per heavy atom. The van der Waals surface area contributed by atoms with Crippen LogP contribution in [-0.4, -0.2) is 30.1 Å². The number of carbonyl (C=O) groups excluding carboxylic acids is 2. The highest BCUT2D eigenvalue weighted by atomic mass is 79.9. The Bertz CT molecular complexity index is 1130. The predicted molar refractivity (Wildman–Crippen MR) is 128 cm³/mol. The average Bonchev–Trinajstić information content (AvgIpc) is 2.80. The lowest BCUT2D eigenvalue weighted by atomic mass is 10.1. The molecule has 0 heterocycles. The summed E-state index contributed by atoms with van der Waals surface area (Å²) in [7, 11) is 0. The Morgan fingerprint density at radius 2 is 1.69 bits per heavy atom. The van der Waals surface area contributed by atoms with Gasteiger partial charge in [-0.05, 0) is 64.0 Å². The molecule has 3 rings (SSSR count). The second-order valence-corrected chi connectivity index (χ2v) is 7.83. The number of aliphatic hydroxyl groups is 1. The number of benzene rings is 3. The van der Waals surface area contributed by atoms with Crippen molar-refractivity contribution >= 4 is 45.4 Å². The number of rotatable bonds is 8. The van der Waals surface area contributed by atoms with Gasteiger partial charge in [0.15, 0.2) is 0 Å². The molecule has 0 saturated carbocycles. The third kappa shape index (κ3) is 6.43. The molecule has 3 aromatic rings. The van der Waals surface area contributed by atoms with Gasteiger partial charge in [-0.3, -0.25) is 9.59 Å². The van der Waals surface area contributed by atoms with Crippen LogP contribution in [0.15, 0.2) is 83.0 Å². The highest BCUT2D eigenvalue weighted by molar-refractivity contribution is 9.10. The second-order valence-electron chi connectivity index (χ2n) is 6.57. The molecule has 0 aliphatic carbocycles. The molecule has 0 fully saturated rings. The van der Waals surface area contributed by atoms with Gasteiger partial charge in [-0.1, -0.05) is 48.0 Å². The fraction of sp³-hybridized carbons (Fsp3) is 0.0833. The summed E-state index contributed by atoms with van der Waals surface area (Å²) in [5.74, 6) is 0.232. The van der Waals surface area contributed by atoms with Crippen LogP contribution in [0, 0.1) is 0 Å². The Balaban J connectivity index is 1.81. The van der Waals surface area contributed by atoms with Crippen molar-refractivity contribution < 1.29 is 19.4 Å². The zero-order valence-electron chi connectivity index (χ0n) is 16.8. The lowest BCUT2D eigenvalue weighted by Crippen LogP contribution is -2.36. The lowest BCUT2D eigenvalue weighted by Gasteiger charge is -2.12. The van der Waals surface area contributed by atoms with E-state index in [0.717, 1.165) is 4.47 Å². The molecule has 0 atom stereocenters. The number of hydrogen-bond donors (Lipinski definition) is 3. The Kier molecular flexibility index (Phi) is 8.44. The van der Waals surface area contributed by atoms with Crippen LogP contribution < -0.4 is 15.4 Å². The third-order valence-electron chi connectivity index (χ3n) is 4.26. The first-order chi connectivity index (χ1) is 15.5. The van der Waals surface area contributed by atoms with Gasteiger partial charge in [0.1, 0.15) is 17.2 Å². The molecular formula is C24H20BrClN2O4. The lowest BCUT2D eigenvalue weighted by molar-refractivity contribution is -0.117. The van der Waals surface area contributed by atoms with Gasteiger partial charge in [-0.15, -0.1) is 0 Å². The first-order valence-electron chi connectivity index (χ1n) is 9.67.